The topological polar surface area (TPSA) is 21.3 Å². The van der Waals surface area contributed by atoms with Crippen LogP contribution in [0.25, 0.3) is 61.2 Å². The van der Waals surface area contributed by atoms with Gasteiger partial charge in [-0.25, -0.2) is 0 Å². The highest BCUT2D eigenvalue weighted by Gasteiger charge is 2.36. The van der Waals surface area contributed by atoms with Crippen LogP contribution in [0, 0.1) is 0 Å². The normalized spacial score (nSPS) is 15.4. The zero-order valence-corrected chi connectivity index (χ0v) is 30.6. The molecule has 2 heterocycles. The maximum atomic E-state index is 6.71. The smallest absolute Gasteiger partial charge is 0.145 e. The van der Waals surface area contributed by atoms with Gasteiger partial charge in [0.1, 0.15) is 11.3 Å². The van der Waals surface area contributed by atoms with Gasteiger partial charge in [0, 0.05) is 44.5 Å². The number of aryl methyl sites for hydroxylation is 1. The van der Waals surface area contributed by atoms with Crippen molar-refractivity contribution in [1.82, 2.24) is 4.57 Å². The Morgan fingerprint density at radius 1 is 0.630 bits per heavy atom. The summed E-state index contributed by atoms with van der Waals surface area (Å²) in [5.41, 5.74) is 17.1. The summed E-state index contributed by atoms with van der Waals surface area (Å²) in [5, 5.41) is 3.59. The van der Waals surface area contributed by atoms with Crippen LogP contribution in [0.4, 0.5) is 17.1 Å². The van der Waals surface area contributed by atoms with Crippen molar-refractivity contribution in [2.24, 2.45) is 0 Å². The predicted octanol–water partition coefficient (Wildman–Crippen LogP) is 14.0. The predicted molar refractivity (Wildman–Crippen MR) is 227 cm³/mol. The molecule has 0 radical (unpaired) electrons. The summed E-state index contributed by atoms with van der Waals surface area (Å²) in [6, 6.07) is 47.5. The number of hydrogen-bond acceptors (Lipinski definition) is 2. The first-order valence-corrected chi connectivity index (χ1v) is 19.3. The minimum atomic E-state index is -0.106. The van der Waals surface area contributed by atoms with E-state index in [0.29, 0.717) is 0 Å². The Kier molecular flexibility index (Phi) is 6.85. The largest absolute Gasteiger partial charge is 0.456 e. The molecule has 0 N–H and O–H groups in total. The number of furan rings is 1. The number of anilines is 3. The molecule has 8 aromatic rings. The summed E-state index contributed by atoms with van der Waals surface area (Å²) in [5.74, 6) is 0.997. The van der Waals surface area contributed by atoms with E-state index in [0.717, 1.165) is 70.8 Å². The molecule has 0 saturated carbocycles. The third-order valence-electron chi connectivity index (χ3n) is 12.1. The van der Waals surface area contributed by atoms with Gasteiger partial charge in [-0.3, -0.25) is 0 Å². The lowest BCUT2D eigenvalue weighted by molar-refractivity contribution is 0.598. The molecule has 0 saturated heterocycles. The summed E-state index contributed by atoms with van der Waals surface area (Å²) in [6.07, 6.45) is 15.3. The minimum Gasteiger partial charge on any atom is -0.456 e. The zero-order chi connectivity index (χ0) is 36.0. The van der Waals surface area contributed by atoms with E-state index in [2.05, 4.69) is 181 Å². The summed E-state index contributed by atoms with van der Waals surface area (Å²) >= 11 is 0. The van der Waals surface area contributed by atoms with Crippen molar-refractivity contribution in [1.29, 1.82) is 0 Å². The molecular weight excluding hydrogens is 657 g/mol. The molecule has 260 valence electrons. The maximum absolute atomic E-state index is 6.71. The van der Waals surface area contributed by atoms with Gasteiger partial charge in [-0.05, 0) is 132 Å². The molecule has 0 bridgehead atoms. The van der Waals surface area contributed by atoms with E-state index in [1.165, 1.54) is 55.1 Å². The van der Waals surface area contributed by atoms with Crippen molar-refractivity contribution in [2.75, 3.05) is 4.90 Å². The molecule has 3 nitrogen and oxygen atoms in total. The van der Waals surface area contributed by atoms with Crippen molar-refractivity contribution in [2.45, 2.75) is 44.9 Å². The van der Waals surface area contributed by atoms with E-state index < -0.39 is 0 Å². The lowest BCUT2D eigenvalue weighted by Crippen LogP contribution is -2.16. The van der Waals surface area contributed by atoms with Gasteiger partial charge >= 0.3 is 0 Å². The third kappa shape index (κ3) is 4.61. The first-order valence-electron chi connectivity index (χ1n) is 19.3. The third-order valence-corrected chi connectivity index (χ3v) is 12.1. The van der Waals surface area contributed by atoms with E-state index in [-0.39, 0.29) is 5.41 Å². The molecule has 0 unspecified atom stereocenters. The second-order valence-electron chi connectivity index (χ2n) is 15.5. The molecule has 6 aromatic carbocycles. The van der Waals surface area contributed by atoms with E-state index >= 15 is 0 Å². The number of para-hydroxylation sites is 1. The molecule has 3 aliphatic carbocycles. The van der Waals surface area contributed by atoms with Gasteiger partial charge in [0.2, 0.25) is 0 Å². The first kappa shape index (κ1) is 31.2. The quantitative estimate of drug-likeness (QED) is 0.179. The second kappa shape index (κ2) is 11.8. The van der Waals surface area contributed by atoms with E-state index in [1.807, 2.05) is 0 Å². The molecule has 3 aliphatic rings. The Bertz CT molecular complexity index is 2890. The number of benzene rings is 6. The molecule has 0 amide bonds. The van der Waals surface area contributed by atoms with Crippen LogP contribution in [0.5, 0.6) is 0 Å². The molecule has 0 aliphatic heterocycles. The van der Waals surface area contributed by atoms with Gasteiger partial charge in [0.15, 0.2) is 0 Å². The zero-order valence-electron chi connectivity index (χ0n) is 30.6. The molecule has 0 fully saturated rings. The average Bonchev–Trinajstić information content (AvgIpc) is 3.84. The van der Waals surface area contributed by atoms with Gasteiger partial charge in [-0.1, -0.05) is 98.8 Å². The highest BCUT2D eigenvalue weighted by Crippen LogP contribution is 2.51. The van der Waals surface area contributed by atoms with Crippen LogP contribution in [-0.2, 0) is 11.8 Å². The molecule has 0 atom stereocenters. The van der Waals surface area contributed by atoms with Gasteiger partial charge < -0.3 is 13.9 Å². The Morgan fingerprint density at radius 2 is 1.37 bits per heavy atom. The van der Waals surface area contributed by atoms with Gasteiger partial charge in [-0.15, -0.1) is 0 Å². The summed E-state index contributed by atoms with van der Waals surface area (Å²) in [7, 11) is 0. The van der Waals surface area contributed by atoms with Crippen LogP contribution >= 0.6 is 0 Å². The van der Waals surface area contributed by atoms with Crippen LogP contribution in [0.3, 0.4) is 0 Å². The van der Waals surface area contributed by atoms with E-state index in [9.17, 15) is 0 Å². The van der Waals surface area contributed by atoms with Crippen LogP contribution < -0.4 is 4.90 Å². The number of aromatic nitrogens is 1. The number of nitrogens with zero attached hydrogens (tertiary/aromatic N) is 2. The van der Waals surface area contributed by atoms with Crippen LogP contribution in [0.15, 0.2) is 156 Å². The van der Waals surface area contributed by atoms with Gasteiger partial charge in [0.05, 0.1) is 16.4 Å². The fourth-order valence-corrected chi connectivity index (χ4v) is 9.46. The second-order valence-corrected chi connectivity index (χ2v) is 15.5. The minimum absolute atomic E-state index is 0.106. The SMILES string of the molecule is CC1(C)c2ccccc2-c2ccc(N(c3ccc(C4=CC=CCC4)cc3)c3ccc4c5c6oc7c(c6ccc5n(-c5ccccc5)c4c3)CCC=C7)cc21. The van der Waals surface area contributed by atoms with Crippen molar-refractivity contribution in [3.8, 4) is 16.8 Å². The average molecular weight is 697 g/mol. The van der Waals surface area contributed by atoms with Crippen molar-refractivity contribution < 1.29 is 4.42 Å². The molecule has 54 heavy (non-hydrogen) atoms. The number of hydrogen-bond donors (Lipinski definition) is 0. The lowest BCUT2D eigenvalue weighted by Gasteiger charge is -2.28. The van der Waals surface area contributed by atoms with Crippen molar-refractivity contribution in [3.63, 3.8) is 0 Å². The molecule has 0 spiro atoms. The fraction of sp³-hybridized carbons (Fsp3) is 0.137. The number of fused-ring (bicyclic) bond motifs is 10. The first-order chi connectivity index (χ1) is 26.5. The number of allylic oxidation sites excluding steroid dienone is 5. The van der Waals surface area contributed by atoms with Crippen LogP contribution in [-0.4, -0.2) is 4.57 Å². The Hall–Kier alpha value is -6.32. The van der Waals surface area contributed by atoms with E-state index in [4.69, 9.17) is 4.42 Å². The Morgan fingerprint density at radius 3 is 2.22 bits per heavy atom. The van der Waals surface area contributed by atoms with Gasteiger partial charge in [-0.2, -0.15) is 0 Å². The van der Waals surface area contributed by atoms with E-state index in [1.54, 1.807) is 0 Å². The van der Waals surface area contributed by atoms with Crippen LogP contribution in [0.2, 0.25) is 0 Å². The Labute approximate surface area is 315 Å². The molecule has 2 aromatic heterocycles. The highest BCUT2D eigenvalue weighted by molar-refractivity contribution is 6.21. The van der Waals surface area contributed by atoms with Crippen LogP contribution in [0.1, 0.15) is 61.1 Å². The summed E-state index contributed by atoms with van der Waals surface area (Å²) in [6.45, 7) is 4.72. The molecular formula is C51H40N2O. The fourth-order valence-electron chi connectivity index (χ4n) is 9.46. The lowest BCUT2D eigenvalue weighted by atomic mass is 9.82. The maximum Gasteiger partial charge on any atom is 0.145 e. The Balaban J connectivity index is 1.15. The summed E-state index contributed by atoms with van der Waals surface area (Å²) < 4.78 is 9.12. The highest BCUT2D eigenvalue weighted by atomic mass is 16.3. The van der Waals surface area contributed by atoms with Gasteiger partial charge in [0.25, 0.3) is 0 Å². The van der Waals surface area contributed by atoms with Crippen molar-refractivity contribution in [3.05, 3.63) is 180 Å². The standard InChI is InChI=1S/C51H40N2O/c1-51(2)44-19-11-9-17-39(44)40-27-25-37(31-45(40)51)52(36-23-21-34(22-24-36)33-13-5-3-6-14-33)38-26-28-43-47(32-38)53(35-15-7-4-8-16-35)46-30-29-42-41-18-10-12-20-48(41)54-50(42)49(43)46/h3-5,7-9,11-13,15-17,19-32H,6,10,14,18H2,1-2H3. The molecule has 11 rings (SSSR count). The number of rotatable bonds is 5. The van der Waals surface area contributed by atoms with Crippen molar-refractivity contribution >= 4 is 61.5 Å². The monoisotopic (exact) mass is 696 g/mol. The molecule has 3 heteroatoms. The summed E-state index contributed by atoms with van der Waals surface area (Å²) in [4.78, 5) is 2.44.